The van der Waals surface area contributed by atoms with Gasteiger partial charge in [0.15, 0.2) is 0 Å². The highest BCUT2D eigenvalue weighted by Gasteiger charge is 2.34. The summed E-state index contributed by atoms with van der Waals surface area (Å²) in [5.74, 6) is 0. The minimum atomic E-state index is 0.0677. The quantitative estimate of drug-likeness (QED) is 0.478. The van der Waals surface area contributed by atoms with Crippen molar-refractivity contribution >= 4 is 5.71 Å². The van der Waals surface area contributed by atoms with Crippen LogP contribution >= 0.6 is 0 Å². The summed E-state index contributed by atoms with van der Waals surface area (Å²) in [6.45, 7) is 8.03. The van der Waals surface area contributed by atoms with Gasteiger partial charge in [-0.2, -0.15) is 0 Å². The van der Waals surface area contributed by atoms with E-state index >= 15 is 0 Å². The molecule has 1 saturated carbocycles. The second-order valence-electron chi connectivity index (χ2n) is 4.05. The maximum atomic E-state index is 7.81. The Labute approximate surface area is 75.4 Å². The number of allylic oxidation sites excluding steroid dienone is 1. The molecule has 0 spiro atoms. The first kappa shape index (κ1) is 9.50. The second kappa shape index (κ2) is 3.42. The SMILES string of the molecule is C=C(C)C1(C(C)=N)CCCCC1. The molecule has 0 aliphatic heterocycles. The van der Waals surface area contributed by atoms with Crippen LogP contribution in [0.2, 0.25) is 0 Å². The highest BCUT2D eigenvalue weighted by atomic mass is 14.5. The first-order valence-electron chi connectivity index (χ1n) is 4.81. The normalized spacial score (nSPS) is 21.8. The van der Waals surface area contributed by atoms with Crippen molar-refractivity contribution in [2.24, 2.45) is 5.41 Å². The van der Waals surface area contributed by atoms with Gasteiger partial charge in [0.1, 0.15) is 0 Å². The van der Waals surface area contributed by atoms with Crippen molar-refractivity contribution in [2.75, 3.05) is 0 Å². The van der Waals surface area contributed by atoms with Crippen molar-refractivity contribution in [3.8, 4) is 0 Å². The lowest BCUT2D eigenvalue weighted by Crippen LogP contribution is -2.32. The van der Waals surface area contributed by atoms with Gasteiger partial charge in [-0.05, 0) is 26.7 Å². The fraction of sp³-hybridized carbons (Fsp3) is 0.727. The summed E-state index contributed by atoms with van der Waals surface area (Å²) in [7, 11) is 0. The third kappa shape index (κ3) is 1.45. The van der Waals surface area contributed by atoms with Crippen LogP contribution in [0, 0.1) is 10.8 Å². The number of nitrogens with one attached hydrogen (secondary N) is 1. The molecule has 1 fully saturated rings. The van der Waals surface area contributed by atoms with Gasteiger partial charge in [-0.3, -0.25) is 0 Å². The number of hydrogen-bond acceptors (Lipinski definition) is 1. The summed E-state index contributed by atoms with van der Waals surface area (Å²) in [6, 6.07) is 0. The molecular formula is C11H19N. The second-order valence-corrected chi connectivity index (χ2v) is 4.05. The third-order valence-electron chi connectivity index (χ3n) is 3.24. The Morgan fingerprint density at radius 1 is 1.17 bits per heavy atom. The molecule has 0 aromatic rings. The van der Waals surface area contributed by atoms with Crippen LogP contribution in [0.3, 0.4) is 0 Å². The predicted molar refractivity (Wildman–Crippen MR) is 53.7 cm³/mol. The van der Waals surface area contributed by atoms with Crippen LogP contribution in [0.15, 0.2) is 12.2 Å². The van der Waals surface area contributed by atoms with Crippen LogP contribution in [0.25, 0.3) is 0 Å². The summed E-state index contributed by atoms with van der Waals surface area (Å²) in [4.78, 5) is 0. The molecule has 0 amide bonds. The lowest BCUT2D eigenvalue weighted by Gasteiger charge is -2.37. The Morgan fingerprint density at radius 2 is 1.67 bits per heavy atom. The van der Waals surface area contributed by atoms with E-state index < -0.39 is 0 Å². The molecule has 0 unspecified atom stereocenters. The molecule has 1 nitrogen and oxygen atoms in total. The van der Waals surface area contributed by atoms with Gasteiger partial charge in [0, 0.05) is 11.1 Å². The van der Waals surface area contributed by atoms with Gasteiger partial charge in [-0.25, -0.2) is 0 Å². The van der Waals surface area contributed by atoms with Crippen LogP contribution in [-0.2, 0) is 0 Å². The Hall–Kier alpha value is -0.590. The van der Waals surface area contributed by atoms with Crippen LogP contribution in [0.4, 0.5) is 0 Å². The van der Waals surface area contributed by atoms with Crippen LogP contribution in [0.5, 0.6) is 0 Å². The number of rotatable bonds is 2. The molecule has 0 atom stereocenters. The van der Waals surface area contributed by atoms with Crippen LogP contribution in [0.1, 0.15) is 46.0 Å². The molecule has 12 heavy (non-hydrogen) atoms. The molecule has 0 heterocycles. The highest BCUT2D eigenvalue weighted by molar-refractivity contribution is 5.88. The predicted octanol–water partition coefficient (Wildman–Crippen LogP) is 3.55. The zero-order chi connectivity index (χ0) is 9.19. The van der Waals surface area contributed by atoms with Gasteiger partial charge in [-0.1, -0.05) is 31.4 Å². The zero-order valence-electron chi connectivity index (χ0n) is 8.24. The first-order chi connectivity index (χ1) is 5.59. The molecule has 0 aromatic heterocycles. The van der Waals surface area contributed by atoms with E-state index in [1.165, 1.54) is 24.8 Å². The van der Waals surface area contributed by atoms with Gasteiger partial charge in [0.25, 0.3) is 0 Å². The fourth-order valence-corrected chi connectivity index (χ4v) is 2.28. The largest absolute Gasteiger partial charge is 0.309 e. The van der Waals surface area contributed by atoms with E-state index in [0.717, 1.165) is 18.6 Å². The average molecular weight is 165 g/mol. The van der Waals surface area contributed by atoms with Crippen LogP contribution in [-0.4, -0.2) is 5.71 Å². The van der Waals surface area contributed by atoms with Crippen molar-refractivity contribution < 1.29 is 0 Å². The Kier molecular flexibility index (Phi) is 2.71. The van der Waals surface area contributed by atoms with E-state index in [-0.39, 0.29) is 5.41 Å². The van der Waals surface area contributed by atoms with Crippen LogP contribution < -0.4 is 0 Å². The molecular weight excluding hydrogens is 146 g/mol. The highest BCUT2D eigenvalue weighted by Crippen LogP contribution is 2.42. The first-order valence-corrected chi connectivity index (χ1v) is 4.81. The summed E-state index contributed by atoms with van der Waals surface area (Å²) >= 11 is 0. The third-order valence-corrected chi connectivity index (χ3v) is 3.24. The van der Waals surface area contributed by atoms with Crippen molar-refractivity contribution in [1.82, 2.24) is 0 Å². The molecule has 0 aromatic carbocycles. The monoisotopic (exact) mass is 165 g/mol. The maximum absolute atomic E-state index is 7.81. The summed E-state index contributed by atoms with van der Waals surface area (Å²) < 4.78 is 0. The topological polar surface area (TPSA) is 23.9 Å². The molecule has 1 heteroatoms. The minimum Gasteiger partial charge on any atom is -0.309 e. The zero-order valence-corrected chi connectivity index (χ0v) is 8.24. The molecule has 1 aliphatic carbocycles. The molecule has 1 N–H and O–H groups in total. The summed E-state index contributed by atoms with van der Waals surface area (Å²) in [6.07, 6.45) is 6.17. The van der Waals surface area contributed by atoms with Crippen molar-refractivity contribution in [3.63, 3.8) is 0 Å². The Balaban J connectivity index is 2.84. The summed E-state index contributed by atoms with van der Waals surface area (Å²) in [5, 5.41) is 7.81. The number of hydrogen-bond donors (Lipinski definition) is 1. The van der Waals surface area contributed by atoms with E-state index in [1.807, 2.05) is 6.92 Å². The van der Waals surface area contributed by atoms with Crippen molar-refractivity contribution in [3.05, 3.63) is 12.2 Å². The fourth-order valence-electron chi connectivity index (χ4n) is 2.28. The van der Waals surface area contributed by atoms with Gasteiger partial charge in [-0.15, -0.1) is 0 Å². The Morgan fingerprint density at radius 3 is 1.92 bits per heavy atom. The smallest absolute Gasteiger partial charge is 0.0280 e. The molecule has 1 rings (SSSR count). The van der Waals surface area contributed by atoms with Crippen molar-refractivity contribution in [1.29, 1.82) is 5.41 Å². The standard InChI is InChI=1S/C11H19N/c1-9(2)11(10(3)12)7-5-4-6-8-11/h12H,1,4-8H2,2-3H3. The van der Waals surface area contributed by atoms with E-state index in [1.54, 1.807) is 0 Å². The van der Waals surface area contributed by atoms with Crippen molar-refractivity contribution in [2.45, 2.75) is 46.0 Å². The van der Waals surface area contributed by atoms with E-state index in [2.05, 4.69) is 13.5 Å². The van der Waals surface area contributed by atoms with Gasteiger partial charge >= 0.3 is 0 Å². The molecule has 0 saturated heterocycles. The van der Waals surface area contributed by atoms with E-state index in [0.29, 0.717) is 0 Å². The minimum absolute atomic E-state index is 0.0677. The average Bonchev–Trinajstić information content (AvgIpc) is 2.05. The van der Waals surface area contributed by atoms with Gasteiger partial charge < -0.3 is 5.41 Å². The van der Waals surface area contributed by atoms with Gasteiger partial charge in [0.05, 0.1) is 0 Å². The van der Waals surface area contributed by atoms with Gasteiger partial charge in [0.2, 0.25) is 0 Å². The molecule has 1 aliphatic rings. The molecule has 0 bridgehead atoms. The van der Waals surface area contributed by atoms with E-state index in [4.69, 9.17) is 5.41 Å². The lowest BCUT2D eigenvalue weighted by molar-refractivity contribution is 0.331. The molecule has 68 valence electrons. The maximum Gasteiger partial charge on any atom is 0.0280 e. The van der Waals surface area contributed by atoms with E-state index in [9.17, 15) is 0 Å². The Bertz CT molecular complexity index is 181. The molecule has 0 radical (unpaired) electrons. The lowest BCUT2D eigenvalue weighted by atomic mass is 9.67. The summed E-state index contributed by atoms with van der Waals surface area (Å²) in [5.41, 5.74) is 2.07.